The quantitative estimate of drug-likeness (QED) is 0.293. The summed E-state index contributed by atoms with van der Waals surface area (Å²) < 4.78 is 13.2. The molecule has 0 saturated heterocycles. The van der Waals surface area contributed by atoms with E-state index in [0.29, 0.717) is 0 Å². The number of rotatable bonds is 2. The molecule has 0 atom stereocenters. The third-order valence-corrected chi connectivity index (χ3v) is 0.862. The molecular formula is C2H5NaO4P-. The van der Waals surface area contributed by atoms with Crippen molar-refractivity contribution in [1.82, 2.24) is 0 Å². The second-order valence-electron chi connectivity index (χ2n) is 0.865. The number of hydrogen-bond acceptors (Lipinski definition) is 4. The summed E-state index contributed by atoms with van der Waals surface area (Å²) in [6, 6.07) is 0. The molecule has 0 aliphatic heterocycles. The summed E-state index contributed by atoms with van der Waals surface area (Å²) in [4.78, 5) is 19.0. The van der Waals surface area contributed by atoms with E-state index in [1.807, 2.05) is 0 Å². The zero-order valence-electron chi connectivity index (χ0n) is 4.79. The molecule has 8 heavy (non-hydrogen) atoms. The minimum atomic E-state index is -4.67. The van der Waals surface area contributed by atoms with Crippen LogP contribution in [0.15, 0.2) is 0 Å². The van der Waals surface area contributed by atoms with Gasteiger partial charge in [0, 0.05) is 6.61 Å². The van der Waals surface area contributed by atoms with Crippen LogP contribution in [-0.4, -0.2) is 6.61 Å². The molecule has 0 aliphatic carbocycles. The molecule has 0 radical (unpaired) electrons. The zero-order chi connectivity index (χ0) is 5.91. The van der Waals surface area contributed by atoms with Gasteiger partial charge in [0.25, 0.3) is 0 Å². The molecule has 0 rings (SSSR count). The van der Waals surface area contributed by atoms with Gasteiger partial charge in [-0.2, -0.15) is 0 Å². The SMILES string of the molecule is CCOP(=O)([O-])[O-].[Na+]. The Morgan fingerprint density at radius 3 is 2.00 bits per heavy atom. The standard InChI is InChI=1S/C2H7O4P.Na/c1-2-6-7(3,4)5;/h2H2,1H3,(H2,3,4,5);/q;+1/p-2. The maximum atomic E-state index is 9.48. The van der Waals surface area contributed by atoms with Crippen molar-refractivity contribution < 1.29 is 48.4 Å². The van der Waals surface area contributed by atoms with E-state index < -0.39 is 7.82 Å². The minimum Gasteiger partial charge on any atom is -0.790 e. The van der Waals surface area contributed by atoms with Gasteiger partial charge in [0.05, 0.1) is 7.82 Å². The van der Waals surface area contributed by atoms with Crippen LogP contribution in [0.1, 0.15) is 6.92 Å². The normalized spacial score (nSPS) is 10.4. The summed E-state index contributed by atoms with van der Waals surface area (Å²) in [5.74, 6) is 0. The predicted octanol–water partition coefficient (Wildman–Crippen LogP) is -4.14. The van der Waals surface area contributed by atoms with Gasteiger partial charge in [0.2, 0.25) is 0 Å². The molecule has 0 aromatic heterocycles. The molecule has 0 saturated carbocycles. The van der Waals surface area contributed by atoms with Gasteiger partial charge in [-0.05, 0) is 6.92 Å². The second-order valence-corrected chi connectivity index (χ2v) is 2.02. The third kappa shape index (κ3) is 10.2. The van der Waals surface area contributed by atoms with Crippen LogP contribution in [0.5, 0.6) is 0 Å². The van der Waals surface area contributed by atoms with Crippen molar-refractivity contribution in [1.29, 1.82) is 0 Å². The topological polar surface area (TPSA) is 72.4 Å². The van der Waals surface area contributed by atoms with Crippen LogP contribution >= 0.6 is 7.82 Å². The van der Waals surface area contributed by atoms with E-state index in [0.717, 1.165) is 0 Å². The maximum Gasteiger partial charge on any atom is 1.00 e. The van der Waals surface area contributed by atoms with E-state index in [4.69, 9.17) is 0 Å². The van der Waals surface area contributed by atoms with Crippen LogP contribution < -0.4 is 39.3 Å². The minimum absolute atomic E-state index is 0. The molecule has 0 aromatic carbocycles. The molecule has 0 fully saturated rings. The average Bonchev–Trinajstić information content (AvgIpc) is 1.30. The molecule has 0 heterocycles. The molecule has 0 aliphatic rings. The van der Waals surface area contributed by atoms with Gasteiger partial charge in [-0.1, -0.05) is 0 Å². The number of hydrogen-bond donors (Lipinski definition) is 0. The Kier molecular flexibility index (Phi) is 7.32. The van der Waals surface area contributed by atoms with Crippen molar-refractivity contribution in [3.8, 4) is 0 Å². The van der Waals surface area contributed by atoms with Crippen LogP contribution in [0.25, 0.3) is 0 Å². The first-order chi connectivity index (χ1) is 3.06. The Bertz CT molecular complexity index is 88.0. The van der Waals surface area contributed by atoms with E-state index in [1.165, 1.54) is 6.92 Å². The van der Waals surface area contributed by atoms with E-state index in [9.17, 15) is 14.4 Å². The Hall–Kier alpha value is 1.11. The summed E-state index contributed by atoms with van der Waals surface area (Å²) >= 11 is 0. The molecule has 0 bridgehead atoms. The second kappa shape index (κ2) is 4.94. The molecule has 0 N–H and O–H groups in total. The molecular weight excluding hydrogens is 142 g/mol. The van der Waals surface area contributed by atoms with E-state index in [1.54, 1.807) is 0 Å². The van der Waals surface area contributed by atoms with E-state index in [-0.39, 0.29) is 36.2 Å². The van der Waals surface area contributed by atoms with Gasteiger partial charge in [-0.15, -0.1) is 0 Å². The maximum absolute atomic E-state index is 9.48. The Balaban J connectivity index is 0. The average molecular weight is 147 g/mol. The van der Waals surface area contributed by atoms with Gasteiger partial charge in [0.1, 0.15) is 0 Å². The fourth-order valence-electron chi connectivity index (χ4n) is 0.158. The fraction of sp³-hybridized carbons (Fsp3) is 1.00. The smallest absolute Gasteiger partial charge is 0.790 e. The molecule has 0 spiro atoms. The van der Waals surface area contributed by atoms with Crippen LogP contribution in [0, 0.1) is 0 Å². The molecule has 6 heteroatoms. The zero-order valence-corrected chi connectivity index (χ0v) is 7.68. The van der Waals surface area contributed by atoms with Gasteiger partial charge >= 0.3 is 29.6 Å². The molecule has 0 unspecified atom stereocenters. The third-order valence-electron chi connectivity index (χ3n) is 0.287. The summed E-state index contributed by atoms with van der Waals surface area (Å²) in [6.07, 6.45) is 0. The Morgan fingerprint density at radius 2 is 2.00 bits per heavy atom. The van der Waals surface area contributed by atoms with Crippen molar-refractivity contribution in [3.63, 3.8) is 0 Å². The summed E-state index contributed by atoms with van der Waals surface area (Å²) in [5.41, 5.74) is 0. The largest absolute Gasteiger partial charge is 1.00 e. The molecule has 44 valence electrons. The van der Waals surface area contributed by atoms with Gasteiger partial charge < -0.3 is 18.9 Å². The summed E-state index contributed by atoms with van der Waals surface area (Å²) in [5, 5.41) is 0. The predicted molar refractivity (Wildman–Crippen MR) is 19.2 cm³/mol. The molecule has 4 nitrogen and oxygen atoms in total. The monoisotopic (exact) mass is 147 g/mol. The van der Waals surface area contributed by atoms with E-state index >= 15 is 0 Å². The van der Waals surface area contributed by atoms with Gasteiger partial charge in [-0.3, -0.25) is 0 Å². The van der Waals surface area contributed by atoms with Crippen LogP contribution in [0.3, 0.4) is 0 Å². The fourth-order valence-corrected chi connectivity index (χ4v) is 0.474. The molecule has 0 aromatic rings. The van der Waals surface area contributed by atoms with Crippen molar-refractivity contribution in [3.05, 3.63) is 0 Å². The first-order valence-electron chi connectivity index (χ1n) is 1.73. The molecule has 0 amide bonds. The van der Waals surface area contributed by atoms with Crippen molar-refractivity contribution in [2.75, 3.05) is 6.61 Å². The Labute approximate surface area is 69.8 Å². The van der Waals surface area contributed by atoms with Crippen LogP contribution in [0.4, 0.5) is 0 Å². The van der Waals surface area contributed by atoms with Crippen molar-refractivity contribution >= 4 is 7.82 Å². The van der Waals surface area contributed by atoms with E-state index in [2.05, 4.69) is 4.52 Å². The van der Waals surface area contributed by atoms with Crippen LogP contribution in [-0.2, 0) is 9.09 Å². The van der Waals surface area contributed by atoms with Gasteiger partial charge in [-0.25, -0.2) is 0 Å². The first-order valence-corrected chi connectivity index (χ1v) is 3.19. The first kappa shape index (κ1) is 11.9. The Morgan fingerprint density at radius 1 is 1.62 bits per heavy atom. The summed E-state index contributed by atoms with van der Waals surface area (Å²) in [6.45, 7) is 1.35. The van der Waals surface area contributed by atoms with Gasteiger partial charge in [0.15, 0.2) is 0 Å². The van der Waals surface area contributed by atoms with Crippen LogP contribution in [0.2, 0.25) is 0 Å². The van der Waals surface area contributed by atoms with Crippen molar-refractivity contribution in [2.45, 2.75) is 6.92 Å². The van der Waals surface area contributed by atoms with Crippen molar-refractivity contribution in [2.24, 2.45) is 0 Å². The summed E-state index contributed by atoms with van der Waals surface area (Å²) in [7, 11) is -4.67. The number of phosphoric ester groups is 1. The number of phosphoric acid groups is 1.